The number of rotatable bonds is 1. The molecule has 1 N–H and O–H groups in total. The summed E-state index contributed by atoms with van der Waals surface area (Å²) in [4.78, 5) is 16.9. The van der Waals surface area contributed by atoms with Gasteiger partial charge in [0, 0.05) is 18.1 Å². The molecular weight excluding hydrogens is 224 g/mol. The van der Waals surface area contributed by atoms with Crippen LogP contribution in [0.25, 0.3) is 10.9 Å². The molecule has 0 unspecified atom stereocenters. The molecule has 18 heavy (non-hydrogen) atoms. The molecule has 1 aliphatic rings. The molecule has 0 atom stereocenters. The Morgan fingerprint density at radius 1 is 1.22 bits per heavy atom. The smallest absolute Gasteiger partial charge is 0.252 e. The molecule has 1 amide bonds. The van der Waals surface area contributed by atoms with Crippen LogP contribution in [0, 0.1) is 0 Å². The van der Waals surface area contributed by atoms with E-state index in [2.05, 4.69) is 5.32 Å². The van der Waals surface area contributed by atoms with Crippen LogP contribution in [-0.4, -0.2) is 17.9 Å². The standard InChI is InChI=1S/C15H16N2O/c1-16-15(18)14-10-6-2-4-8-12(10)17-13-9-5-3-7-11(13)14/h2,4,6,8H,3,5,7,9H2,1H3,(H,16,18). The molecule has 1 aromatic heterocycles. The minimum Gasteiger partial charge on any atom is -0.355 e. The molecule has 0 spiro atoms. The predicted molar refractivity (Wildman–Crippen MR) is 71.8 cm³/mol. The maximum absolute atomic E-state index is 12.2. The molecule has 0 bridgehead atoms. The van der Waals surface area contributed by atoms with E-state index in [4.69, 9.17) is 4.98 Å². The van der Waals surface area contributed by atoms with Gasteiger partial charge in [-0.1, -0.05) is 18.2 Å². The van der Waals surface area contributed by atoms with Crippen molar-refractivity contribution < 1.29 is 4.79 Å². The minimum absolute atomic E-state index is 0.00625. The normalized spacial score (nSPS) is 14.3. The highest BCUT2D eigenvalue weighted by molar-refractivity contribution is 6.07. The largest absolute Gasteiger partial charge is 0.355 e. The van der Waals surface area contributed by atoms with Gasteiger partial charge >= 0.3 is 0 Å². The van der Waals surface area contributed by atoms with Crippen LogP contribution in [0.1, 0.15) is 34.5 Å². The number of pyridine rings is 1. The van der Waals surface area contributed by atoms with E-state index in [-0.39, 0.29) is 5.91 Å². The van der Waals surface area contributed by atoms with Crippen molar-refractivity contribution >= 4 is 16.8 Å². The van der Waals surface area contributed by atoms with Gasteiger partial charge in [0.1, 0.15) is 0 Å². The third-order valence-corrected chi connectivity index (χ3v) is 3.62. The first-order valence-corrected chi connectivity index (χ1v) is 6.44. The van der Waals surface area contributed by atoms with Crippen LogP contribution >= 0.6 is 0 Å². The first-order chi connectivity index (χ1) is 8.81. The molecule has 0 saturated carbocycles. The van der Waals surface area contributed by atoms with Gasteiger partial charge in [-0.25, -0.2) is 0 Å². The van der Waals surface area contributed by atoms with Gasteiger partial charge in [0.2, 0.25) is 0 Å². The maximum atomic E-state index is 12.2. The lowest BCUT2D eigenvalue weighted by molar-refractivity contribution is 0.0963. The zero-order valence-corrected chi connectivity index (χ0v) is 10.5. The average molecular weight is 240 g/mol. The zero-order valence-electron chi connectivity index (χ0n) is 10.5. The lowest BCUT2D eigenvalue weighted by Gasteiger charge is -2.19. The third kappa shape index (κ3) is 1.67. The highest BCUT2D eigenvalue weighted by atomic mass is 16.1. The fourth-order valence-electron chi connectivity index (χ4n) is 2.76. The highest BCUT2D eigenvalue weighted by Crippen LogP contribution is 2.28. The van der Waals surface area contributed by atoms with Gasteiger partial charge in [0.25, 0.3) is 5.91 Å². The summed E-state index contributed by atoms with van der Waals surface area (Å²) in [5.41, 5.74) is 4.02. The maximum Gasteiger partial charge on any atom is 0.252 e. The van der Waals surface area contributed by atoms with Crippen molar-refractivity contribution in [3.05, 3.63) is 41.1 Å². The van der Waals surface area contributed by atoms with Crippen LogP contribution in [0.5, 0.6) is 0 Å². The average Bonchev–Trinajstić information content (AvgIpc) is 2.44. The first kappa shape index (κ1) is 11.2. The molecule has 0 fully saturated rings. The van der Waals surface area contributed by atoms with Gasteiger partial charge in [-0.05, 0) is 37.3 Å². The fraction of sp³-hybridized carbons (Fsp3) is 0.333. The van der Waals surface area contributed by atoms with E-state index >= 15 is 0 Å². The van der Waals surface area contributed by atoms with Crippen molar-refractivity contribution in [1.82, 2.24) is 10.3 Å². The number of aromatic nitrogens is 1. The van der Waals surface area contributed by atoms with Crippen molar-refractivity contribution in [3.63, 3.8) is 0 Å². The van der Waals surface area contributed by atoms with Crippen molar-refractivity contribution in [2.24, 2.45) is 0 Å². The Labute approximate surface area is 106 Å². The quantitative estimate of drug-likeness (QED) is 0.832. The Bertz CT molecular complexity index is 619. The molecule has 0 aliphatic heterocycles. The van der Waals surface area contributed by atoms with Gasteiger partial charge < -0.3 is 5.32 Å². The molecule has 0 radical (unpaired) electrons. The van der Waals surface area contributed by atoms with Gasteiger partial charge in [-0.2, -0.15) is 0 Å². The monoisotopic (exact) mass is 240 g/mol. The van der Waals surface area contributed by atoms with Crippen LogP contribution < -0.4 is 5.32 Å². The van der Waals surface area contributed by atoms with Crippen molar-refractivity contribution in [2.45, 2.75) is 25.7 Å². The SMILES string of the molecule is CNC(=O)c1c2c(nc3ccccc13)CCCC2. The third-order valence-electron chi connectivity index (χ3n) is 3.62. The molecule has 1 aliphatic carbocycles. The van der Waals surface area contributed by atoms with Crippen molar-refractivity contribution in [2.75, 3.05) is 7.05 Å². The van der Waals surface area contributed by atoms with Crippen LogP contribution in [0.3, 0.4) is 0 Å². The van der Waals surface area contributed by atoms with E-state index < -0.39 is 0 Å². The second-order valence-electron chi connectivity index (χ2n) is 4.72. The van der Waals surface area contributed by atoms with E-state index in [1.165, 1.54) is 6.42 Å². The number of carbonyl (C=O) groups is 1. The summed E-state index contributed by atoms with van der Waals surface area (Å²) in [5, 5.41) is 3.73. The van der Waals surface area contributed by atoms with E-state index in [1.807, 2.05) is 24.3 Å². The number of aryl methyl sites for hydroxylation is 1. The molecular formula is C15H16N2O. The Kier molecular flexibility index (Phi) is 2.74. The van der Waals surface area contributed by atoms with E-state index in [9.17, 15) is 4.79 Å². The van der Waals surface area contributed by atoms with Crippen LogP contribution in [-0.2, 0) is 12.8 Å². The molecule has 1 heterocycles. The van der Waals surface area contributed by atoms with Gasteiger partial charge in [0.15, 0.2) is 0 Å². The summed E-state index contributed by atoms with van der Waals surface area (Å²) in [7, 11) is 1.69. The topological polar surface area (TPSA) is 42.0 Å². The Balaban J connectivity index is 2.36. The zero-order chi connectivity index (χ0) is 12.5. The van der Waals surface area contributed by atoms with Crippen molar-refractivity contribution in [1.29, 1.82) is 0 Å². The van der Waals surface area contributed by atoms with Gasteiger partial charge in [-0.15, -0.1) is 0 Å². The first-order valence-electron chi connectivity index (χ1n) is 6.44. The van der Waals surface area contributed by atoms with Gasteiger partial charge in [0.05, 0.1) is 11.1 Å². The van der Waals surface area contributed by atoms with Crippen molar-refractivity contribution in [3.8, 4) is 0 Å². The van der Waals surface area contributed by atoms with E-state index in [0.717, 1.165) is 47.0 Å². The number of nitrogens with one attached hydrogen (secondary N) is 1. The van der Waals surface area contributed by atoms with Crippen LogP contribution in [0.2, 0.25) is 0 Å². The number of hydrogen-bond acceptors (Lipinski definition) is 2. The second kappa shape index (κ2) is 4.41. The molecule has 2 aromatic rings. The predicted octanol–water partition coefficient (Wildman–Crippen LogP) is 2.47. The molecule has 3 rings (SSSR count). The number of carbonyl (C=O) groups excluding carboxylic acids is 1. The van der Waals surface area contributed by atoms with E-state index in [0.29, 0.717) is 0 Å². The summed E-state index contributed by atoms with van der Waals surface area (Å²) >= 11 is 0. The Hall–Kier alpha value is -1.90. The minimum atomic E-state index is 0.00625. The summed E-state index contributed by atoms with van der Waals surface area (Å²) < 4.78 is 0. The Morgan fingerprint density at radius 3 is 2.83 bits per heavy atom. The highest BCUT2D eigenvalue weighted by Gasteiger charge is 2.21. The lowest BCUT2D eigenvalue weighted by Crippen LogP contribution is -2.22. The number of benzene rings is 1. The van der Waals surface area contributed by atoms with Crippen LogP contribution in [0.15, 0.2) is 24.3 Å². The summed E-state index contributed by atoms with van der Waals surface area (Å²) in [5.74, 6) is 0.00625. The molecule has 92 valence electrons. The number of amides is 1. The van der Waals surface area contributed by atoms with Crippen LogP contribution in [0.4, 0.5) is 0 Å². The number of para-hydroxylation sites is 1. The fourth-order valence-corrected chi connectivity index (χ4v) is 2.76. The lowest BCUT2D eigenvalue weighted by atomic mass is 9.89. The molecule has 1 aromatic carbocycles. The molecule has 3 nitrogen and oxygen atoms in total. The number of nitrogens with zero attached hydrogens (tertiary/aromatic N) is 1. The summed E-state index contributed by atoms with van der Waals surface area (Å²) in [6.07, 6.45) is 4.28. The van der Waals surface area contributed by atoms with Gasteiger partial charge in [-0.3, -0.25) is 9.78 Å². The molecule has 0 saturated heterocycles. The molecule has 3 heteroatoms. The Morgan fingerprint density at radius 2 is 2.00 bits per heavy atom. The number of hydrogen-bond donors (Lipinski definition) is 1. The summed E-state index contributed by atoms with van der Waals surface area (Å²) in [6, 6.07) is 7.91. The summed E-state index contributed by atoms with van der Waals surface area (Å²) in [6.45, 7) is 0. The number of fused-ring (bicyclic) bond motifs is 2. The second-order valence-corrected chi connectivity index (χ2v) is 4.72. The van der Waals surface area contributed by atoms with E-state index in [1.54, 1.807) is 7.05 Å².